The predicted molar refractivity (Wildman–Crippen MR) is 147 cm³/mol. The topological polar surface area (TPSA) is 102 Å². The summed E-state index contributed by atoms with van der Waals surface area (Å²) in [6.07, 6.45) is 2.88. The molecular weight excluding hydrogens is 519 g/mol. The summed E-state index contributed by atoms with van der Waals surface area (Å²) in [7, 11) is 3.21. The van der Waals surface area contributed by atoms with Gasteiger partial charge in [0, 0.05) is 62.6 Å². The first-order chi connectivity index (χ1) is 19.4. The highest BCUT2D eigenvalue weighted by Gasteiger charge is 2.35. The third kappa shape index (κ3) is 6.26. The number of methoxy groups -OCH3 is 1. The number of benzene rings is 2. The maximum absolute atomic E-state index is 15.0. The SMILES string of the molecule is COc1cc2c(Oc3ccc(NC(=O)C4CCN(C)C4=O)cc3F)ccnc2cc1OCCCN1CCOCC1. The van der Waals surface area contributed by atoms with Gasteiger partial charge in [-0.2, -0.15) is 0 Å². The summed E-state index contributed by atoms with van der Waals surface area (Å²) in [6, 6.07) is 9.32. The van der Waals surface area contributed by atoms with E-state index >= 15 is 0 Å². The molecule has 2 saturated heterocycles. The molecule has 2 aromatic carbocycles. The van der Waals surface area contributed by atoms with Crippen LogP contribution >= 0.6 is 0 Å². The number of hydrogen-bond donors (Lipinski definition) is 1. The first-order valence-corrected chi connectivity index (χ1v) is 13.4. The minimum Gasteiger partial charge on any atom is -0.493 e. The highest BCUT2D eigenvalue weighted by Crippen LogP contribution is 2.38. The smallest absolute Gasteiger partial charge is 0.237 e. The molecule has 0 bridgehead atoms. The molecule has 0 spiro atoms. The maximum Gasteiger partial charge on any atom is 0.237 e. The van der Waals surface area contributed by atoms with Gasteiger partial charge >= 0.3 is 0 Å². The highest BCUT2D eigenvalue weighted by atomic mass is 19.1. The molecule has 1 atom stereocenters. The quantitative estimate of drug-likeness (QED) is 0.300. The van der Waals surface area contributed by atoms with Crippen molar-refractivity contribution in [2.75, 3.05) is 65.5 Å². The lowest BCUT2D eigenvalue weighted by Gasteiger charge is -2.26. The Balaban J connectivity index is 1.26. The van der Waals surface area contributed by atoms with Crippen molar-refractivity contribution in [3.8, 4) is 23.0 Å². The lowest BCUT2D eigenvalue weighted by Crippen LogP contribution is -2.37. The monoisotopic (exact) mass is 552 g/mol. The number of carbonyl (C=O) groups excluding carboxylic acids is 2. The third-order valence-electron chi connectivity index (χ3n) is 7.13. The van der Waals surface area contributed by atoms with Crippen LogP contribution in [0.5, 0.6) is 23.0 Å². The number of ether oxygens (including phenoxy) is 4. The van der Waals surface area contributed by atoms with E-state index < -0.39 is 17.6 Å². The number of morpholine rings is 1. The van der Waals surface area contributed by atoms with Gasteiger partial charge in [-0.05, 0) is 37.1 Å². The molecule has 5 rings (SSSR count). The summed E-state index contributed by atoms with van der Waals surface area (Å²) in [5, 5.41) is 3.25. The van der Waals surface area contributed by atoms with Crippen molar-refractivity contribution in [1.29, 1.82) is 0 Å². The molecule has 2 aliphatic heterocycles. The Kier molecular flexibility index (Phi) is 8.61. The van der Waals surface area contributed by atoms with Gasteiger partial charge in [0.15, 0.2) is 23.1 Å². The van der Waals surface area contributed by atoms with Gasteiger partial charge in [-0.25, -0.2) is 4.39 Å². The van der Waals surface area contributed by atoms with Gasteiger partial charge in [-0.15, -0.1) is 0 Å². The van der Waals surface area contributed by atoms with Crippen molar-refractivity contribution in [2.24, 2.45) is 5.92 Å². The molecule has 10 nitrogen and oxygen atoms in total. The minimum atomic E-state index is -0.763. The Morgan fingerprint density at radius 3 is 2.65 bits per heavy atom. The minimum absolute atomic E-state index is 0.0235. The van der Waals surface area contributed by atoms with Crippen LogP contribution in [-0.2, 0) is 14.3 Å². The fourth-order valence-corrected chi connectivity index (χ4v) is 4.86. The molecule has 2 fully saturated rings. The summed E-state index contributed by atoms with van der Waals surface area (Å²) in [5.41, 5.74) is 0.853. The van der Waals surface area contributed by atoms with Crippen LogP contribution in [0.4, 0.5) is 10.1 Å². The normalized spacial score (nSPS) is 17.7. The van der Waals surface area contributed by atoms with Crippen LogP contribution in [0.15, 0.2) is 42.6 Å². The van der Waals surface area contributed by atoms with Crippen molar-refractivity contribution in [1.82, 2.24) is 14.8 Å². The van der Waals surface area contributed by atoms with Gasteiger partial charge in [-0.3, -0.25) is 19.5 Å². The van der Waals surface area contributed by atoms with Crippen LogP contribution in [0.2, 0.25) is 0 Å². The zero-order chi connectivity index (χ0) is 28.1. The van der Waals surface area contributed by atoms with Crippen molar-refractivity contribution in [3.63, 3.8) is 0 Å². The van der Waals surface area contributed by atoms with Crippen LogP contribution in [0.3, 0.4) is 0 Å². The van der Waals surface area contributed by atoms with E-state index in [0.717, 1.165) is 39.3 Å². The molecule has 0 radical (unpaired) electrons. The molecule has 1 N–H and O–H groups in total. The van der Waals surface area contributed by atoms with E-state index in [9.17, 15) is 14.0 Å². The zero-order valence-corrected chi connectivity index (χ0v) is 22.7. The number of hydrogen-bond acceptors (Lipinski definition) is 8. The maximum atomic E-state index is 15.0. The van der Waals surface area contributed by atoms with E-state index in [1.807, 2.05) is 0 Å². The first kappa shape index (κ1) is 27.6. The van der Waals surface area contributed by atoms with E-state index in [-0.39, 0.29) is 17.3 Å². The molecule has 212 valence electrons. The van der Waals surface area contributed by atoms with E-state index in [2.05, 4.69) is 15.2 Å². The van der Waals surface area contributed by atoms with Crippen molar-refractivity contribution < 1.29 is 32.9 Å². The number of likely N-dealkylation sites (tertiary alicyclic amines) is 1. The number of carbonyl (C=O) groups is 2. The molecule has 0 saturated carbocycles. The van der Waals surface area contributed by atoms with Gasteiger partial charge in [0.2, 0.25) is 11.8 Å². The summed E-state index contributed by atoms with van der Waals surface area (Å²) >= 11 is 0. The summed E-state index contributed by atoms with van der Waals surface area (Å²) in [6.45, 7) is 5.37. The number of halogens is 1. The predicted octanol–water partition coefficient (Wildman–Crippen LogP) is 3.69. The van der Waals surface area contributed by atoms with E-state index in [1.54, 1.807) is 38.6 Å². The van der Waals surface area contributed by atoms with Gasteiger partial charge < -0.3 is 29.2 Å². The van der Waals surface area contributed by atoms with Crippen molar-refractivity contribution in [2.45, 2.75) is 12.8 Å². The lowest BCUT2D eigenvalue weighted by atomic mass is 10.1. The number of nitrogens with zero attached hydrogens (tertiary/aromatic N) is 3. The van der Waals surface area contributed by atoms with Crippen molar-refractivity contribution in [3.05, 3.63) is 48.4 Å². The van der Waals surface area contributed by atoms with Crippen LogP contribution in [-0.4, -0.2) is 86.8 Å². The number of anilines is 1. The Bertz CT molecular complexity index is 1380. The molecular formula is C29H33FN4O6. The number of rotatable bonds is 10. The fraction of sp³-hybridized carbons (Fsp3) is 0.414. The fourth-order valence-electron chi connectivity index (χ4n) is 4.86. The van der Waals surface area contributed by atoms with E-state index in [1.165, 1.54) is 23.1 Å². The summed E-state index contributed by atoms with van der Waals surface area (Å²) in [4.78, 5) is 32.9. The second-order valence-electron chi connectivity index (χ2n) is 9.82. The van der Waals surface area contributed by atoms with Crippen LogP contribution in [0.25, 0.3) is 10.9 Å². The van der Waals surface area contributed by atoms with Crippen LogP contribution in [0, 0.1) is 11.7 Å². The molecule has 3 aromatic rings. The average Bonchev–Trinajstić information content (AvgIpc) is 3.30. The number of aromatic nitrogens is 1. The van der Waals surface area contributed by atoms with Gasteiger partial charge in [0.25, 0.3) is 0 Å². The molecule has 11 heteroatoms. The number of pyridine rings is 1. The van der Waals surface area contributed by atoms with E-state index in [0.29, 0.717) is 47.7 Å². The molecule has 40 heavy (non-hydrogen) atoms. The highest BCUT2D eigenvalue weighted by molar-refractivity contribution is 6.07. The number of nitrogens with one attached hydrogen (secondary N) is 1. The van der Waals surface area contributed by atoms with E-state index in [4.69, 9.17) is 18.9 Å². The molecule has 1 aromatic heterocycles. The van der Waals surface area contributed by atoms with Gasteiger partial charge in [0.05, 0.1) is 32.4 Å². The molecule has 2 amide bonds. The number of amides is 2. The zero-order valence-electron chi connectivity index (χ0n) is 22.7. The number of fused-ring (bicyclic) bond motifs is 1. The Morgan fingerprint density at radius 1 is 1.10 bits per heavy atom. The van der Waals surface area contributed by atoms with Crippen molar-refractivity contribution >= 4 is 28.4 Å². The van der Waals surface area contributed by atoms with Crippen LogP contribution < -0.4 is 19.5 Å². The summed E-state index contributed by atoms with van der Waals surface area (Å²) in [5.74, 6) is -0.664. The van der Waals surface area contributed by atoms with Gasteiger partial charge in [-0.1, -0.05) is 0 Å². The van der Waals surface area contributed by atoms with Crippen LogP contribution in [0.1, 0.15) is 12.8 Å². The molecule has 3 heterocycles. The first-order valence-electron chi connectivity index (χ1n) is 13.4. The van der Waals surface area contributed by atoms with Gasteiger partial charge in [0.1, 0.15) is 11.7 Å². The second-order valence-corrected chi connectivity index (χ2v) is 9.82. The Morgan fingerprint density at radius 2 is 1.93 bits per heavy atom. The lowest BCUT2D eigenvalue weighted by molar-refractivity contribution is -0.134. The molecule has 1 unspecified atom stereocenters. The Hall–Kier alpha value is -3.96. The second kappa shape index (κ2) is 12.5. The Labute approximate surface area is 231 Å². The standard InChI is InChI=1S/C29H33FN4O6/c1-33-10-7-20(29(33)36)28(35)32-19-4-5-25(22(30)16-19)40-24-6-8-31-23-18-27(26(37-2)17-21(23)24)39-13-3-9-34-11-14-38-15-12-34/h4-6,8,16-18,20H,3,7,9-15H2,1-2H3,(H,32,35). The molecule has 0 aliphatic carbocycles. The third-order valence-corrected chi connectivity index (χ3v) is 7.13. The summed E-state index contributed by atoms with van der Waals surface area (Å²) < 4.78 is 37.9. The average molecular weight is 553 g/mol. The largest absolute Gasteiger partial charge is 0.493 e. The molecule has 2 aliphatic rings.